The fourth-order valence-corrected chi connectivity index (χ4v) is 2.59. The summed E-state index contributed by atoms with van der Waals surface area (Å²) < 4.78 is 0. The van der Waals surface area contributed by atoms with Crippen LogP contribution in [0.15, 0.2) is 53.5 Å². The second kappa shape index (κ2) is 7.67. The molecule has 0 saturated heterocycles. The SMILES string of the molecule is CSC(=N[C@@H](C)c1ccccc1)Nc1ccc(C#N)c(C)c1. The van der Waals surface area contributed by atoms with Gasteiger partial charge in [-0.25, -0.2) is 0 Å². The van der Waals surface area contributed by atoms with Gasteiger partial charge in [-0.2, -0.15) is 5.26 Å². The Balaban J connectivity index is 2.17. The maximum Gasteiger partial charge on any atom is 0.161 e. The maximum absolute atomic E-state index is 8.98. The summed E-state index contributed by atoms with van der Waals surface area (Å²) >= 11 is 1.58. The van der Waals surface area contributed by atoms with E-state index >= 15 is 0 Å². The van der Waals surface area contributed by atoms with Gasteiger partial charge in [0.15, 0.2) is 5.17 Å². The summed E-state index contributed by atoms with van der Waals surface area (Å²) in [5, 5.41) is 13.2. The Morgan fingerprint density at radius 1 is 1.23 bits per heavy atom. The predicted octanol–water partition coefficient (Wildman–Crippen LogP) is 4.76. The number of thioether (sulfide) groups is 1. The second-order valence-electron chi connectivity index (χ2n) is 4.99. The Bertz CT molecular complexity index is 702. The molecule has 2 rings (SSSR count). The number of anilines is 1. The van der Waals surface area contributed by atoms with Gasteiger partial charge >= 0.3 is 0 Å². The van der Waals surface area contributed by atoms with E-state index in [-0.39, 0.29) is 6.04 Å². The number of nitrogens with one attached hydrogen (secondary N) is 1. The number of hydrogen-bond donors (Lipinski definition) is 1. The van der Waals surface area contributed by atoms with Crippen molar-refractivity contribution in [1.82, 2.24) is 0 Å². The average molecular weight is 309 g/mol. The van der Waals surface area contributed by atoms with Crippen LogP contribution < -0.4 is 5.32 Å². The fraction of sp³-hybridized carbons (Fsp3) is 0.222. The highest BCUT2D eigenvalue weighted by Gasteiger charge is 2.06. The average Bonchev–Trinajstić information content (AvgIpc) is 2.55. The van der Waals surface area contributed by atoms with Crippen molar-refractivity contribution >= 4 is 22.6 Å². The molecule has 0 saturated carbocycles. The molecule has 0 heterocycles. The van der Waals surface area contributed by atoms with Crippen LogP contribution in [0, 0.1) is 18.3 Å². The molecule has 4 heteroatoms. The number of nitrogens with zero attached hydrogens (tertiary/aromatic N) is 2. The summed E-state index contributed by atoms with van der Waals surface area (Å²) in [6.45, 7) is 4.02. The first kappa shape index (κ1) is 16.1. The Hall–Kier alpha value is -2.25. The van der Waals surface area contributed by atoms with Crippen molar-refractivity contribution in [3.05, 3.63) is 65.2 Å². The van der Waals surface area contributed by atoms with Crippen LogP contribution in [0.3, 0.4) is 0 Å². The van der Waals surface area contributed by atoms with Crippen LogP contribution >= 0.6 is 11.8 Å². The first-order valence-electron chi connectivity index (χ1n) is 7.08. The molecular formula is C18H19N3S. The van der Waals surface area contributed by atoms with Gasteiger partial charge in [0.1, 0.15) is 0 Å². The molecule has 1 N–H and O–H groups in total. The van der Waals surface area contributed by atoms with Gasteiger partial charge in [-0.05, 0) is 49.4 Å². The van der Waals surface area contributed by atoms with Gasteiger partial charge in [0, 0.05) is 5.69 Å². The number of amidine groups is 1. The molecule has 22 heavy (non-hydrogen) atoms. The molecule has 0 radical (unpaired) electrons. The highest BCUT2D eigenvalue weighted by molar-refractivity contribution is 8.13. The van der Waals surface area contributed by atoms with Gasteiger partial charge < -0.3 is 5.32 Å². The van der Waals surface area contributed by atoms with E-state index in [1.54, 1.807) is 11.8 Å². The van der Waals surface area contributed by atoms with Crippen molar-refractivity contribution in [3.8, 4) is 6.07 Å². The van der Waals surface area contributed by atoms with E-state index in [0.717, 1.165) is 16.4 Å². The number of rotatable bonds is 3. The highest BCUT2D eigenvalue weighted by atomic mass is 32.2. The van der Waals surface area contributed by atoms with E-state index in [0.29, 0.717) is 5.56 Å². The first-order chi connectivity index (χ1) is 10.6. The summed E-state index contributed by atoms with van der Waals surface area (Å²) in [5.41, 5.74) is 3.80. The van der Waals surface area contributed by atoms with Crippen molar-refractivity contribution in [1.29, 1.82) is 5.26 Å². The van der Waals surface area contributed by atoms with Crippen molar-refractivity contribution in [3.63, 3.8) is 0 Å². The third kappa shape index (κ3) is 4.12. The molecule has 2 aromatic carbocycles. The quantitative estimate of drug-likeness (QED) is 0.657. The van der Waals surface area contributed by atoms with Crippen LogP contribution in [0.1, 0.15) is 29.7 Å². The van der Waals surface area contributed by atoms with Gasteiger partial charge in [0.05, 0.1) is 17.7 Å². The van der Waals surface area contributed by atoms with E-state index in [4.69, 9.17) is 10.3 Å². The lowest BCUT2D eigenvalue weighted by molar-refractivity contribution is 0.823. The van der Waals surface area contributed by atoms with Crippen LogP contribution in [-0.4, -0.2) is 11.4 Å². The Morgan fingerprint density at radius 3 is 2.55 bits per heavy atom. The molecule has 0 aliphatic heterocycles. The largest absolute Gasteiger partial charge is 0.335 e. The Morgan fingerprint density at radius 2 is 1.95 bits per heavy atom. The van der Waals surface area contributed by atoms with Crippen molar-refractivity contribution in [2.24, 2.45) is 4.99 Å². The molecule has 0 aromatic heterocycles. The zero-order chi connectivity index (χ0) is 15.9. The molecule has 0 spiro atoms. The minimum Gasteiger partial charge on any atom is -0.335 e. The van der Waals surface area contributed by atoms with Crippen molar-refractivity contribution in [2.75, 3.05) is 11.6 Å². The number of benzene rings is 2. The lowest BCUT2D eigenvalue weighted by Gasteiger charge is -2.12. The minimum atomic E-state index is 0.0932. The topological polar surface area (TPSA) is 48.2 Å². The zero-order valence-corrected chi connectivity index (χ0v) is 13.8. The molecule has 0 bridgehead atoms. The molecule has 112 valence electrons. The molecule has 0 amide bonds. The minimum absolute atomic E-state index is 0.0932. The summed E-state index contributed by atoms with van der Waals surface area (Å²) in [6, 6.07) is 18.2. The lowest BCUT2D eigenvalue weighted by Crippen LogP contribution is -2.09. The first-order valence-corrected chi connectivity index (χ1v) is 8.31. The van der Waals surface area contributed by atoms with Crippen LogP contribution in [-0.2, 0) is 0 Å². The molecule has 0 aliphatic carbocycles. The van der Waals surface area contributed by atoms with Gasteiger partial charge in [0.2, 0.25) is 0 Å². The van der Waals surface area contributed by atoms with Crippen LogP contribution in [0.2, 0.25) is 0 Å². The molecule has 1 atom stereocenters. The van der Waals surface area contributed by atoms with Crippen molar-refractivity contribution < 1.29 is 0 Å². The normalized spacial score (nSPS) is 12.5. The van der Waals surface area contributed by atoms with Gasteiger partial charge in [-0.1, -0.05) is 42.1 Å². The van der Waals surface area contributed by atoms with Gasteiger partial charge in [0.25, 0.3) is 0 Å². The van der Waals surface area contributed by atoms with Crippen molar-refractivity contribution in [2.45, 2.75) is 19.9 Å². The van der Waals surface area contributed by atoms with Crippen LogP contribution in [0.25, 0.3) is 0 Å². The third-order valence-electron chi connectivity index (χ3n) is 3.38. The zero-order valence-electron chi connectivity index (χ0n) is 13.0. The maximum atomic E-state index is 8.98. The number of aliphatic imine (C=N–C) groups is 1. The molecule has 0 unspecified atom stereocenters. The molecular weight excluding hydrogens is 290 g/mol. The van der Waals surface area contributed by atoms with Crippen LogP contribution in [0.4, 0.5) is 5.69 Å². The standard InChI is InChI=1S/C18H19N3S/c1-13-11-17(10-9-16(13)12-19)21-18(22-3)20-14(2)15-7-5-4-6-8-15/h4-11,14H,1-3H3,(H,20,21)/t14-/m0/s1. The molecule has 0 aliphatic rings. The van der Waals surface area contributed by atoms with Crippen LogP contribution in [0.5, 0.6) is 0 Å². The fourth-order valence-electron chi connectivity index (χ4n) is 2.11. The summed E-state index contributed by atoms with van der Waals surface area (Å²) in [5.74, 6) is 0. The van der Waals surface area contributed by atoms with E-state index in [9.17, 15) is 0 Å². The lowest BCUT2D eigenvalue weighted by atomic mass is 10.1. The number of nitriles is 1. The molecule has 0 fully saturated rings. The summed E-state index contributed by atoms with van der Waals surface area (Å²) in [7, 11) is 0. The van der Waals surface area contributed by atoms with Gasteiger partial charge in [-0.15, -0.1) is 0 Å². The van der Waals surface area contributed by atoms with E-state index in [1.165, 1.54) is 5.56 Å². The molecule has 3 nitrogen and oxygen atoms in total. The highest BCUT2D eigenvalue weighted by Crippen LogP contribution is 2.20. The number of hydrogen-bond acceptors (Lipinski definition) is 3. The second-order valence-corrected chi connectivity index (χ2v) is 5.79. The summed E-state index contributed by atoms with van der Waals surface area (Å²) in [6.07, 6.45) is 2.00. The Kier molecular flexibility index (Phi) is 5.62. The monoisotopic (exact) mass is 309 g/mol. The number of aryl methyl sites for hydroxylation is 1. The smallest absolute Gasteiger partial charge is 0.161 e. The molecule has 2 aromatic rings. The third-order valence-corrected chi connectivity index (χ3v) is 3.98. The van der Waals surface area contributed by atoms with Gasteiger partial charge in [-0.3, -0.25) is 4.99 Å². The Labute approximate surface area is 136 Å². The van der Waals surface area contributed by atoms with E-state index < -0.39 is 0 Å². The van der Waals surface area contributed by atoms with E-state index in [2.05, 4.69) is 30.4 Å². The predicted molar refractivity (Wildman–Crippen MR) is 95.3 cm³/mol. The summed E-state index contributed by atoms with van der Waals surface area (Å²) in [4.78, 5) is 4.74. The van der Waals surface area contributed by atoms with E-state index in [1.807, 2.05) is 49.6 Å².